The summed E-state index contributed by atoms with van der Waals surface area (Å²) >= 11 is 0. The van der Waals surface area contributed by atoms with Crippen LogP contribution in [-0.4, -0.2) is 9.52 Å². The largest absolute Gasteiger partial charge is 0.0837 e. The third-order valence-corrected chi connectivity index (χ3v) is 8.68. The van der Waals surface area contributed by atoms with Crippen LogP contribution in [0.5, 0.6) is 0 Å². The van der Waals surface area contributed by atoms with Gasteiger partial charge in [-0.05, 0) is 58.4 Å². The van der Waals surface area contributed by atoms with Gasteiger partial charge >= 0.3 is 0 Å². The predicted octanol–water partition coefficient (Wildman–Crippen LogP) is 5.47. The molecule has 0 bridgehead atoms. The summed E-state index contributed by atoms with van der Waals surface area (Å²) in [4.78, 5) is 0. The van der Waals surface area contributed by atoms with Crippen LogP contribution in [0.3, 0.4) is 0 Å². The van der Waals surface area contributed by atoms with E-state index in [1.54, 1.807) is 10.8 Å². The molecule has 0 aliphatic heterocycles. The second kappa shape index (κ2) is 6.61. The molecule has 3 rings (SSSR count). The van der Waals surface area contributed by atoms with E-state index in [2.05, 4.69) is 90.1 Å². The SMILES string of the molecule is CC1=CC(CC2(C)C=CC=CC2)([SiH2]c2cc(C)cc(C)c2)C(C)=C1C. The van der Waals surface area contributed by atoms with Gasteiger partial charge in [-0.3, -0.25) is 0 Å². The number of allylic oxidation sites excluding steroid dienone is 8. The van der Waals surface area contributed by atoms with Crippen molar-refractivity contribution in [3.05, 3.63) is 76.4 Å². The molecule has 0 N–H and O–H groups in total. The maximum atomic E-state index is 2.62. The van der Waals surface area contributed by atoms with Crippen molar-refractivity contribution in [1.29, 1.82) is 0 Å². The zero-order chi connectivity index (χ0) is 18.2. The molecule has 0 radical (unpaired) electrons. The molecule has 25 heavy (non-hydrogen) atoms. The Morgan fingerprint density at radius 1 is 0.960 bits per heavy atom. The lowest BCUT2D eigenvalue weighted by Crippen LogP contribution is -2.34. The summed E-state index contributed by atoms with van der Waals surface area (Å²) in [5.41, 5.74) is 7.72. The fourth-order valence-electron chi connectivity index (χ4n) is 4.89. The number of benzene rings is 1. The number of rotatable bonds is 4. The summed E-state index contributed by atoms with van der Waals surface area (Å²) < 4.78 is 0. The monoisotopic (exact) mass is 348 g/mol. The van der Waals surface area contributed by atoms with Crippen molar-refractivity contribution < 1.29 is 0 Å². The Labute approximate surface area is 156 Å². The van der Waals surface area contributed by atoms with Gasteiger partial charge in [0.05, 0.1) is 9.52 Å². The average molecular weight is 349 g/mol. The van der Waals surface area contributed by atoms with E-state index >= 15 is 0 Å². The van der Waals surface area contributed by atoms with Gasteiger partial charge in [-0.1, -0.05) is 83.0 Å². The van der Waals surface area contributed by atoms with Crippen molar-refractivity contribution in [3.63, 3.8) is 0 Å². The molecule has 0 amide bonds. The Morgan fingerprint density at radius 2 is 1.64 bits per heavy atom. The quantitative estimate of drug-likeness (QED) is 0.633. The average Bonchev–Trinajstić information content (AvgIpc) is 2.70. The molecule has 1 aromatic rings. The standard InChI is InChI=1S/C24H32Si/c1-17-12-18(2)14-22(13-17)25-24(15-19(3)20(4)21(24)5)16-23(6)10-8-7-9-11-23/h7-10,12-15H,11,16,25H2,1-6H3. The second-order valence-electron chi connectivity index (χ2n) is 8.73. The van der Waals surface area contributed by atoms with Gasteiger partial charge in [0.1, 0.15) is 0 Å². The topological polar surface area (TPSA) is 0 Å². The summed E-state index contributed by atoms with van der Waals surface area (Å²) in [6, 6.07) is 7.16. The first kappa shape index (κ1) is 18.2. The van der Waals surface area contributed by atoms with Crippen molar-refractivity contribution in [3.8, 4) is 0 Å². The van der Waals surface area contributed by atoms with Gasteiger partial charge in [0.15, 0.2) is 0 Å². The summed E-state index contributed by atoms with van der Waals surface area (Å²) in [5.74, 6) is 0. The lowest BCUT2D eigenvalue weighted by Gasteiger charge is -2.39. The van der Waals surface area contributed by atoms with Crippen molar-refractivity contribution >= 4 is 14.7 Å². The van der Waals surface area contributed by atoms with Gasteiger partial charge < -0.3 is 0 Å². The molecule has 1 aromatic carbocycles. The molecule has 2 aliphatic rings. The summed E-state index contributed by atoms with van der Waals surface area (Å²) in [6.45, 7) is 13.9. The molecule has 2 aliphatic carbocycles. The van der Waals surface area contributed by atoms with Crippen molar-refractivity contribution in [1.82, 2.24) is 0 Å². The number of hydrogen-bond acceptors (Lipinski definition) is 0. The Hall–Kier alpha value is -1.60. The van der Waals surface area contributed by atoms with E-state index < -0.39 is 9.52 Å². The van der Waals surface area contributed by atoms with Gasteiger partial charge in [0.2, 0.25) is 0 Å². The lowest BCUT2D eigenvalue weighted by atomic mass is 9.74. The first-order valence-corrected chi connectivity index (χ1v) is 10.9. The van der Waals surface area contributed by atoms with Crippen LogP contribution in [0, 0.1) is 19.3 Å². The fraction of sp³-hybridized carbons (Fsp3) is 0.417. The molecule has 2 atom stereocenters. The highest BCUT2D eigenvalue weighted by Crippen LogP contribution is 2.54. The molecule has 0 spiro atoms. The van der Waals surface area contributed by atoms with Crippen LogP contribution in [-0.2, 0) is 0 Å². The van der Waals surface area contributed by atoms with E-state index in [1.165, 1.54) is 28.7 Å². The van der Waals surface area contributed by atoms with Crippen LogP contribution in [0.2, 0.25) is 5.04 Å². The molecule has 1 heteroatoms. The number of aryl methyl sites for hydroxylation is 2. The third kappa shape index (κ3) is 3.67. The van der Waals surface area contributed by atoms with E-state index in [0.29, 0.717) is 0 Å². The van der Waals surface area contributed by atoms with Gasteiger partial charge in [-0.2, -0.15) is 0 Å². The van der Waals surface area contributed by atoms with E-state index in [0.717, 1.165) is 6.42 Å². The van der Waals surface area contributed by atoms with Crippen LogP contribution in [0.25, 0.3) is 0 Å². The van der Waals surface area contributed by atoms with E-state index in [9.17, 15) is 0 Å². The maximum absolute atomic E-state index is 2.62. The highest BCUT2D eigenvalue weighted by molar-refractivity contribution is 6.58. The molecular weight excluding hydrogens is 316 g/mol. The molecule has 2 unspecified atom stereocenters. The minimum absolute atomic E-state index is 0.267. The van der Waals surface area contributed by atoms with Crippen molar-refractivity contribution in [2.24, 2.45) is 5.41 Å². The molecule has 0 heterocycles. The molecule has 0 saturated carbocycles. The summed E-state index contributed by atoms with van der Waals surface area (Å²) in [7, 11) is -0.470. The van der Waals surface area contributed by atoms with E-state index in [-0.39, 0.29) is 10.5 Å². The van der Waals surface area contributed by atoms with Crippen LogP contribution >= 0.6 is 0 Å². The Bertz CT molecular complexity index is 785. The molecule has 0 saturated heterocycles. The van der Waals surface area contributed by atoms with Crippen LogP contribution < -0.4 is 5.19 Å². The highest BCUT2D eigenvalue weighted by Gasteiger charge is 2.41. The zero-order valence-electron chi connectivity index (χ0n) is 16.7. The third-order valence-electron chi connectivity index (χ3n) is 6.24. The number of hydrogen-bond donors (Lipinski definition) is 0. The highest BCUT2D eigenvalue weighted by atomic mass is 28.2. The summed E-state index contributed by atoms with van der Waals surface area (Å²) in [5, 5.41) is 1.88. The Kier molecular flexibility index (Phi) is 4.81. The summed E-state index contributed by atoms with van der Waals surface area (Å²) in [6.07, 6.45) is 14.2. The molecule has 0 nitrogen and oxygen atoms in total. The van der Waals surface area contributed by atoms with Crippen LogP contribution in [0.1, 0.15) is 51.7 Å². The molecular formula is C24H32Si. The Balaban J connectivity index is 2.02. The maximum Gasteiger partial charge on any atom is 0.0706 e. The van der Waals surface area contributed by atoms with Crippen molar-refractivity contribution in [2.75, 3.05) is 0 Å². The van der Waals surface area contributed by atoms with Gasteiger partial charge in [-0.15, -0.1) is 0 Å². The fourth-order valence-corrected chi connectivity index (χ4v) is 8.10. The first-order chi connectivity index (χ1) is 11.7. The smallest absolute Gasteiger partial charge is 0.0706 e. The van der Waals surface area contributed by atoms with Crippen LogP contribution in [0.15, 0.2) is 65.3 Å². The predicted molar refractivity (Wildman–Crippen MR) is 115 cm³/mol. The van der Waals surface area contributed by atoms with E-state index in [4.69, 9.17) is 0 Å². The second-order valence-corrected chi connectivity index (χ2v) is 11.2. The first-order valence-electron chi connectivity index (χ1n) is 9.52. The van der Waals surface area contributed by atoms with E-state index in [1.807, 2.05) is 0 Å². The molecule has 132 valence electrons. The van der Waals surface area contributed by atoms with Gasteiger partial charge in [0.25, 0.3) is 0 Å². The van der Waals surface area contributed by atoms with Crippen molar-refractivity contribution in [2.45, 2.75) is 59.4 Å². The minimum atomic E-state index is -0.470. The van der Waals surface area contributed by atoms with Crippen LogP contribution in [0.4, 0.5) is 0 Å². The lowest BCUT2D eigenvalue weighted by molar-refractivity contribution is 0.367. The minimum Gasteiger partial charge on any atom is -0.0837 e. The molecule has 0 fully saturated rings. The Morgan fingerprint density at radius 3 is 2.16 bits per heavy atom. The van der Waals surface area contributed by atoms with Gasteiger partial charge in [-0.25, -0.2) is 0 Å². The normalized spacial score (nSPS) is 29.1. The van der Waals surface area contributed by atoms with Gasteiger partial charge in [0, 0.05) is 5.04 Å². The zero-order valence-corrected chi connectivity index (χ0v) is 18.2. The molecule has 0 aromatic heterocycles.